The van der Waals surface area contributed by atoms with Gasteiger partial charge in [0.05, 0.1) is 24.3 Å². The van der Waals surface area contributed by atoms with Crippen LogP contribution in [0.25, 0.3) is 0 Å². The van der Waals surface area contributed by atoms with Crippen LogP contribution in [0, 0.1) is 11.6 Å². The third kappa shape index (κ3) is 5.21. The number of hydrogen-bond acceptors (Lipinski definition) is 5. The molecule has 9 heteroatoms. The molecule has 194 valence electrons. The maximum atomic E-state index is 15.8. The summed E-state index contributed by atoms with van der Waals surface area (Å²) in [7, 11) is -1.62. The molecule has 5 rings (SSSR count). The van der Waals surface area contributed by atoms with Crippen LogP contribution in [0.4, 0.5) is 24.5 Å². The Morgan fingerprint density at radius 3 is 2.35 bits per heavy atom. The van der Waals surface area contributed by atoms with Gasteiger partial charge in [0.1, 0.15) is 11.6 Å². The second-order valence-electron chi connectivity index (χ2n) is 10.0. The molecule has 3 N–H and O–H groups in total. The second-order valence-corrected chi connectivity index (χ2v) is 10.0. The van der Waals surface area contributed by atoms with Gasteiger partial charge < -0.3 is 20.3 Å². The first-order valence-corrected chi connectivity index (χ1v) is 12.7. The highest BCUT2D eigenvalue weighted by atomic mass is 19.1. The van der Waals surface area contributed by atoms with E-state index in [1.807, 2.05) is 42.2 Å². The van der Waals surface area contributed by atoms with Gasteiger partial charge in [-0.05, 0) is 60.6 Å². The number of halogens is 3. The zero-order chi connectivity index (χ0) is 26.1. The predicted octanol–water partition coefficient (Wildman–Crippen LogP) is 3.64. The Labute approximate surface area is 215 Å². The maximum Gasteiger partial charge on any atom is 0.488 e. The van der Waals surface area contributed by atoms with Gasteiger partial charge in [-0.2, -0.15) is 0 Å². The lowest BCUT2D eigenvalue weighted by Crippen LogP contribution is -2.54. The van der Waals surface area contributed by atoms with E-state index in [1.165, 1.54) is 12.1 Å². The van der Waals surface area contributed by atoms with Gasteiger partial charge in [0.2, 0.25) is 0 Å². The van der Waals surface area contributed by atoms with Gasteiger partial charge >= 0.3 is 7.12 Å². The fourth-order valence-electron chi connectivity index (χ4n) is 5.64. The molecule has 2 heterocycles. The third-order valence-electron chi connectivity index (χ3n) is 7.37. The average molecular weight is 509 g/mol. The monoisotopic (exact) mass is 509 g/mol. The maximum absolute atomic E-state index is 15.8. The fourth-order valence-corrected chi connectivity index (χ4v) is 5.64. The fraction of sp³-hybridized carbons (Fsp3) is 0.357. The summed E-state index contributed by atoms with van der Waals surface area (Å²) >= 11 is 0. The van der Waals surface area contributed by atoms with E-state index in [0.29, 0.717) is 43.6 Å². The lowest BCUT2D eigenvalue weighted by atomic mass is 9.75. The topological polar surface area (TPSA) is 59.0 Å². The summed E-state index contributed by atoms with van der Waals surface area (Å²) in [5.41, 5.74) is 3.09. The van der Waals surface area contributed by atoms with Crippen molar-refractivity contribution in [2.24, 2.45) is 0 Å². The zero-order valence-corrected chi connectivity index (χ0v) is 20.7. The van der Waals surface area contributed by atoms with Crippen molar-refractivity contribution in [1.29, 1.82) is 0 Å². The van der Waals surface area contributed by atoms with Crippen LogP contribution in [0.15, 0.2) is 60.7 Å². The van der Waals surface area contributed by atoms with Crippen LogP contribution < -0.4 is 15.7 Å². The van der Waals surface area contributed by atoms with Crippen LogP contribution in [-0.4, -0.2) is 60.5 Å². The predicted molar refractivity (Wildman–Crippen MR) is 141 cm³/mol. The van der Waals surface area contributed by atoms with E-state index in [4.69, 9.17) is 0 Å². The Morgan fingerprint density at radius 1 is 1.00 bits per heavy atom. The molecule has 3 aromatic carbocycles. The summed E-state index contributed by atoms with van der Waals surface area (Å²) in [4.78, 5) is 4.13. The number of fused-ring (bicyclic) bond motifs is 1. The smallest absolute Gasteiger partial charge is 0.423 e. The normalized spacial score (nSPS) is 19.9. The van der Waals surface area contributed by atoms with E-state index in [1.54, 1.807) is 18.2 Å². The number of hydrogen-bond donors (Lipinski definition) is 3. The van der Waals surface area contributed by atoms with E-state index in [9.17, 15) is 14.4 Å². The van der Waals surface area contributed by atoms with E-state index in [2.05, 4.69) is 10.2 Å². The summed E-state index contributed by atoms with van der Waals surface area (Å²) in [5, 5.41) is 22.6. The Hall–Kier alpha value is -3.01. The quantitative estimate of drug-likeness (QED) is 0.405. The first kappa shape index (κ1) is 25.6. The summed E-state index contributed by atoms with van der Waals surface area (Å²) < 4.78 is 44.0. The summed E-state index contributed by atoms with van der Waals surface area (Å²) in [6.45, 7) is 3.75. The molecule has 1 fully saturated rings. The van der Waals surface area contributed by atoms with Crippen molar-refractivity contribution in [3.8, 4) is 0 Å². The molecule has 1 saturated heterocycles. The molecule has 0 aromatic heterocycles. The number of alkyl halides is 1. The first-order chi connectivity index (χ1) is 17.9. The van der Waals surface area contributed by atoms with Gasteiger partial charge in [-0.1, -0.05) is 36.4 Å². The van der Waals surface area contributed by atoms with Crippen LogP contribution in [0.1, 0.15) is 36.1 Å². The Balaban J connectivity index is 1.50. The van der Waals surface area contributed by atoms with Crippen molar-refractivity contribution in [2.75, 3.05) is 36.5 Å². The van der Waals surface area contributed by atoms with Crippen molar-refractivity contribution in [1.82, 2.24) is 4.90 Å². The van der Waals surface area contributed by atoms with E-state index < -0.39 is 24.8 Å². The lowest BCUT2D eigenvalue weighted by Gasteiger charge is -2.44. The number of nitrogens with one attached hydrogen (secondary N) is 1. The van der Waals surface area contributed by atoms with Crippen molar-refractivity contribution < 1.29 is 23.2 Å². The minimum Gasteiger partial charge on any atom is -0.423 e. The molecular weight excluding hydrogens is 478 g/mol. The number of rotatable bonds is 8. The van der Waals surface area contributed by atoms with Gasteiger partial charge in [0, 0.05) is 37.1 Å². The van der Waals surface area contributed by atoms with Crippen LogP contribution in [0.5, 0.6) is 0 Å². The van der Waals surface area contributed by atoms with E-state index >= 15 is 8.78 Å². The summed E-state index contributed by atoms with van der Waals surface area (Å²) in [6, 6.07) is 16.5. The van der Waals surface area contributed by atoms with Crippen LogP contribution in [0.3, 0.4) is 0 Å². The van der Waals surface area contributed by atoms with Gasteiger partial charge in [-0.25, -0.2) is 8.78 Å². The number of benzene rings is 3. The molecule has 3 aromatic rings. The van der Waals surface area contributed by atoms with Crippen molar-refractivity contribution in [2.45, 2.75) is 37.9 Å². The van der Waals surface area contributed by atoms with Crippen LogP contribution in [0.2, 0.25) is 0 Å². The standard InChI is InChI=1S/C28H31BF3N3O2/c1-18-12-19-13-20(29(36)37)8-9-24(19)28(35(18)23-6-3-2-4-7-23)27-25(31)14-21(15-26(27)32)33-22-16-34(17-22)11-5-10-30/h2-4,6-9,13-15,18,22,28,33,36-37H,5,10-12,16-17H2,1H3/t18-,28+/m1/s1. The lowest BCUT2D eigenvalue weighted by molar-refractivity contribution is 0.155. The van der Waals surface area contributed by atoms with Crippen molar-refractivity contribution >= 4 is 24.0 Å². The minimum absolute atomic E-state index is 0.0438. The first-order valence-electron chi connectivity index (χ1n) is 12.7. The molecule has 0 spiro atoms. The molecule has 0 saturated carbocycles. The number of likely N-dealkylation sites (tertiary alicyclic amines) is 1. The highest BCUT2D eigenvalue weighted by Gasteiger charge is 2.37. The van der Waals surface area contributed by atoms with Gasteiger partial charge in [-0.3, -0.25) is 9.29 Å². The van der Waals surface area contributed by atoms with Crippen molar-refractivity contribution in [3.05, 3.63) is 89.0 Å². The zero-order valence-electron chi connectivity index (χ0n) is 20.7. The number of anilines is 2. The molecule has 2 atom stereocenters. The second kappa shape index (κ2) is 10.8. The molecule has 0 amide bonds. The molecule has 0 aliphatic carbocycles. The molecular formula is C28H31BF3N3O2. The SMILES string of the molecule is C[C@@H]1Cc2cc(B(O)O)ccc2[C@@H](c2c(F)cc(NC3CN(CCCF)C3)cc2F)N1c1ccccc1. The minimum atomic E-state index is -1.62. The average Bonchev–Trinajstić information content (AvgIpc) is 2.85. The number of para-hydroxylation sites is 1. The molecule has 37 heavy (non-hydrogen) atoms. The van der Waals surface area contributed by atoms with E-state index in [-0.39, 0.29) is 24.3 Å². The molecule has 2 aliphatic rings. The van der Waals surface area contributed by atoms with E-state index in [0.717, 1.165) is 16.8 Å². The highest BCUT2D eigenvalue weighted by Crippen LogP contribution is 2.43. The van der Waals surface area contributed by atoms with Gasteiger partial charge in [0.25, 0.3) is 0 Å². The van der Waals surface area contributed by atoms with Gasteiger partial charge in [0.15, 0.2) is 0 Å². The molecule has 0 radical (unpaired) electrons. The Kier molecular flexibility index (Phi) is 7.46. The molecule has 5 nitrogen and oxygen atoms in total. The summed E-state index contributed by atoms with van der Waals surface area (Å²) in [6.07, 6.45) is 1.08. The largest absolute Gasteiger partial charge is 0.488 e. The highest BCUT2D eigenvalue weighted by molar-refractivity contribution is 6.58. The number of nitrogens with zero attached hydrogens (tertiary/aromatic N) is 2. The van der Waals surface area contributed by atoms with Crippen LogP contribution >= 0.6 is 0 Å². The molecule has 0 unspecified atom stereocenters. The summed E-state index contributed by atoms with van der Waals surface area (Å²) in [5.74, 6) is -1.29. The molecule has 0 bridgehead atoms. The van der Waals surface area contributed by atoms with Crippen LogP contribution in [-0.2, 0) is 6.42 Å². The Morgan fingerprint density at radius 2 is 1.70 bits per heavy atom. The molecule has 2 aliphatic heterocycles. The van der Waals surface area contributed by atoms with Crippen molar-refractivity contribution in [3.63, 3.8) is 0 Å². The Bertz CT molecular complexity index is 1220. The van der Waals surface area contributed by atoms with Gasteiger partial charge in [-0.15, -0.1) is 0 Å². The third-order valence-corrected chi connectivity index (χ3v) is 7.37.